The Labute approximate surface area is 335 Å². The summed E-state index contributed by atoms with van der Waals surface area (Å²) in [6.07, 6.45) is 5.78. The third-order valence-electron chi connectivity index (χ3n) is 11.3. The zero-order valence-corrected chi connectivity index (χ0v) is 32.1. The lowest BCUT2D eigenvalue weighted by Gasteiger charge is -2.16. The summed E-state index contributed by atoms with van der Waals surface area (Å²) in [5.41, 5.74) is 7.95. The van der Waals surface area contributed by atoms with E-state index in [4.69, 9.17) is 19.4 Å². The molecule has 0 bridgehead atoms. The van der Waals surface area contributed by atoms with Crippen LogP contribution < -0.4 is 9.75 Å². The fraction of sp³-hybridized carbons (Fsp3) is 0.0392. The van der Waals surface area contributed by atoms with E-state index in [2.05, 4.69) is 109 Å². The number of fused-ring (bicyclic) bond motifs is 9. The highest BCUT2D eigenvalue weighted by molar-refractivity contribution is 7.25. The van der Waals surface area contributed by atoms with Gasteiger partial charge in [-0.05, 0) is 64.6 Å². The number of nitrogens with zero attached hydrogens (tertiary/aromatic N) is 3. The van der Waals surface area contributed by atoms with Crippen LogP contribution in [0.2, 0.25) is 0 Å². The molecule has 4 heterocycles. The molecule has 12 rings (SSSR count). The Hall–Kier alpha value is -6.73. The molecule has 4 nitrogen and oxygen atoms in total. The van der Waals surface area contributed by atoms with Crippen LogP contribution in [0.4, 0.5) is 0 Å². The molecule has 7 aromatic carbocycles. The maximum absolute atomic E-state index is 7.13. The first kappa shape index (κ1) is 32.5. The lowest BCUT2D eigenvalue weighted by atomic mass is 9.88. The molecular formula is C51H31N3OS2. The van der Waals surface area contributed by atoms with E-state index in [0.717, 1.165) is 45.0 Å². The second-order valence-electron chi connectivity index (χ2n) is 14.7. The first-order chi connectivity index (χ1) is 28.2. The molecule has 0 aliphatic heterocycles. The van der Waals surface area contributed by atoms with Crippen molar-refractivity contribution in [2.75, 3.05) is 0 Å². The van der Waals surface area contributed by atoms with Crippen LogP contribution in [0.1, 0.15) is 17.9 Å². The van der Waals surface area contributed by atoms with E-state index in [9.17, 15) is 0 Å². The normalized spacial score (nSPS) is 14.0. The Bertz CT molecular complexity index is 3450. The number of hydrogen-bond donors (Lipinski definition) is 0. The van der Waals surface area contributed by atoms with Gasteiger partial charge in [-0.2, -0.15) is 0 Å². The van der Waals surface area contributed by atoms with Crippen molar-refractivity contribution >= 4 is 87.0 Å². The number of aromatic nitrogens is 3. The summed E-state index contributed by atoms with van der Waals surface area (Å²) >= 11 is 3.73. The van der Waals surface area contributed by atoms with Crippen LogP contribution in [0, 0.1) is 0 Å². The molecule has 1 unspecified atom stereocenters. The van der Waals surface area contributed by atoms with Gasteiger partial charge in [-0.3, -0.25) is 0 Å². The van der Waals surface area contributed by atoms with Crippen molar-refractivity contribution in [2.45, 2.75) is 12.3 Å². The van der Waals surface area contributed by atoms with E-state index in [1.165, 1.54) is 56.7 Å². The van der Waals surface area contributed by atoms with Crippen molar-refractivity contribution < 1.29 is 4.42 Å². The number of furan rings is 1. The molecule has 0 N–H and O–H groups in total. The maximum atomic E-state index is 7.13. The summed E-state index contributed by atoms with van der Waals surface area (Å²) in [4.78, 5) is 15.2. The number of para-hydroxylation sites is 1. The monoisotopic (exact) mass is 765 g/mol. The van der Waals surface area contributed by atoms with Crippen molar-refractivity contribution in [3.63, 3.8) is 0 Å². The minimum atomic E-state index is 0.136. The Morgan fingerprint density at radius 1 is 0.456 bits per heavy atom. The molecule has 0 amide bonds. The number of thiophene rings is 2. The van der Waals surface area contributed by atoms with Crippen molar-refractivity contribution in [3.05, 3.63) is 173 Å². The summed E-state index contributed by atoms with van der Waals surface area (Å²) < 4.78 is 12.4. The van der Waals surface area contributed by atoms with Gasteiger partial charge in [0.25, 0.3) is 0 Å². The highest BCUT2D eigenvalue weighted by Crippen LogP contribution is 2.44. The minimum Gasteiger partial charge on any atom is -0.455 e. The van der Waals surface area contributed by atoms with E-state index < -0.39 is 0 Å². The highest BCUT2D eigenvalue weighted by atomic mass is 32.1. The van der Waals surface area contributed by atoms with Crippen LogP contribution in [-0.2, 0) is 0 Å². The first-order valence-corrected chi connectivity index (χ1v) is 20.8. The topological polar surface area (TPSA) is 51.8 Å². The average Bonchev–Trinajstić information content (AvgIpc) is 3.97. The van der Waals surface area contributed by atoms with E-state index >= 15 is 0 Å². The van der Waals surface area contributed by atoms with Crippen LogP contribution in [0.5, 0.6) is 0 Å². The Balaban J connectivity index is 1.10. The van der Waals surface area contributed by atoms with Gasteiger partial charge in [0.1, 0.15) is 11.2 Å². The van der Waals surface area contributed by atoms with Crippen LogP contribution in [-0.4, -0.2) is 15.0 Å². The maximum Gasteiger partial charge on any atom is 0.167 e. The Morgan fingerprint density at radius 2 is 1.11 bits per heavy atom. The fourth-order valence-corrected chi connectivity index (χ4v) is 10.9. The molecule has 4 aromatic heterocycles. The molecule has 1 aliphatic carbocycles. The van der Waals surface area contributed by atoms with Crippen molar-refractivity contribution in [3.8, 4) is 45.3 Å². The third-order valence-corrected chi connectivity index (χ3v) is 13.6. The summed E-state index contributed by atoms with van der Waals surface area (Å²) in [5.74, 6) is 1.96. The van der Waals surface area contributed by atoms with Gasteiger partial charge < -0.3 is 4.42 Å². The van der Waals surface area contributed by atoms with E-state index in [1.807, 2.05) is 83.3 Å². The third kappa shape index (κ3) is 5.36. The number of rotatable bonds is 5. The summed E-state index contributed by atoms with van der Waals surface area (Å²) in [5, 5.41) is 7.42. The van der Waals surface area contributed by atoms with Crippen LogP contribution in [0.15, 0.2) is 162 Å². The van der Waals surface area contributed by atoms with Gasteiger partial charge in [-0.25, -0.2) is 15.0 Å². The van der Waals surface area contributed by atoms with Gasteiger partial charge in [0, 0.05) is 62.8 Å². The van der Waals surface area contributed by atoms with Gasteiger partial charge in [0.05, 0.1) is 5.56 Å². The minimum absolute atomic E-state index is 0.136. The van der Waals surface area contributed by atoms with Crippen LogP contribution >= 0.6 is 22.7 Å². The first-order valence-electron chi connectivity index (χ1n) is 19.2. The summed E-state index contributed by atoms with van der Waals surface area (Å²) in [7, 11) is 0. The van der Waals surface area contributed by atoms with Gasteiger partial charge >= 0.3 is 0 Å². The Kier molecular flexibility index (Phi) is 7.37. The van der Waals surface area contributed by atoms with Gasteiger partial charge in [0.15, 0.2) is 17.5 Å². The molecule has 0 saturated heterocycles. The lowest BCUT2D eigenvalue weighted by molar-refractivity contribution is 0.660. The molecule has 1 aliphatic rings. The predicted molar refractivity (Wildman–Crippen MR) is 239 cm³/mol. The molecule has 0 radical (unpaired) electrons. The standard InChI is InChI=1S/C51H31N3OS2/c1-3-12-30(13-4-1)49-52-50(31-14-5-2-6-15-31)54-51(53-49)40-19-11-18-39-42-27-34(32-22-24-37-35-16-7-9-20-43(35)56-45(37)28-32)26-41(48(42)55-47(39)40)33-23-25-38-36-17-8-10-21-44(36)57-46(38)29-33/h1-22,24-29,33H,23H2. The van der Waals surface area contributed by atoms with E-state index in [-0.39, 0.29) is 5.92 Å². The zero-order chi connectivity index (χ0) is 37.5. The van der Waals surface area contributed by atoms with Gasteiger partial charge in [0.2, 0.25) is 0 Å². The second-order valence-corrected chi connectivity index (χ2v) is 16.8. The zero-order valence-electron chi connectivity index (χ0n) is 30.5. The van der Waals surface area contributed by atoms with Crippen molar-refractivity contribution in [1.82, 2.24) is 15.0 Å². The Morgan fingerprint density at radius 3 is 1.88 bits per heavy atom. The number of benzene rings is 7. The summed E-state index contributed by atoms with van der Waals surface area (Å²) in [6, 6.07) is 55.6. The molecule has 57 heavy (non-hydrogen) atoms. The smallest absolute Gasteiger partial charge is 0.167 e. The highest BCUT2D eigenvalue weighted by Gasteiger charge is 2.24. The summed E-state index contributed by atoms with van der Waals surface area (Å²) in [6.45, 7) is 0. The van der Waals surface area contributed by atoms with Crippen molar-refractivity contribution in [2.24, 2.45) is 0 Å². The van der Waals surface area contributed by atoms with E-state index in [0.29, 0.717) is 17.5 Å². The molecule has 0 spiro atoms. The van der Waals surface area contributed by atoms with Crippen molar-refractivity contribution in [1.29, 1.82) is 0 Å². The molecule has 268 valence electrons. The fourth-order valence-electron chi connectivity index (χ4n) is 8.51. The molecule has 11 aromatic rings. The molecule has 0 saturated carbocycles. The molecule has 0 fully saturated rings. The molecular weight excluding hydrogens is 735 g/mol. The molecule has 1 atom stereocenters. The van der Waals surface area contributed by atoms with Crippen LogP contribution in [0.3, 0.4) is 0 Å². The second kappa shape index (κ2) is 12.9. The average molecular weight is 766 g/mol. The quantitative estimate of drug-likeness (QED) is 0.175. The largest absolute Gasteiger partial charge is 0.455 e. The van der Waals surface area contributed by atoms with Crippen LogP contribution in [0.25, 0.3) is 110 Å². The number of hydrogen-bond acceptors (Lipinski definition) is 6. The van der Waals surface area contributed by atoms with Gasteiger partial charge in [-0.15, -0.1) is 22.7 Å². The van der Waals surface area contributed by atoms with Gasteiger partial charge in [-0.1, -0.05) is 133 Å². The predicted octanol–water partition coefficient (Wildman–Crippen LogP) is 12.8. The molecule has 6 heteroatoms. The SMILES string of the molecule is C1=c2sc3ccccc3c2=CCC1c1cc(-c2ccc3c(c2)sc2ccccc23)cc2c1oc1c(-c3nc(-c4ccccc4)nc(-c4ccccc4)n3)cccc12. The van der Waals surface area contributed by atoms with E-state index in [1.54, 1.807) is 0 Å². The lowest BCUT2D eigenvalue weighted by Crippen LogP contribution is -2.23.